The molecule has 0 aliphatic carbocycles. The van der Waals surface area contributed by atoms with E-state index in [1.807, 2.05) is 13.8 Å². The van der Waals surface area contributed by atoms with Gasteiger partial charge < -0.3 is 10.4 Å². The summed E-state index contributed by atoms with van der Waals surface area (Å²) in [5, 5.41) is 12.6. The number of benzene rings is 1. The van der Waals surface area contributed by atoms with Crippen molar-refractivity contribution in [3.05, 3.63) is 29.6 Å². The van der Waals surface area contributed by atoms with E-state index in [0.717, 1.165) is 6.26 Å². The lowest BCUT2D eigenvalue weighted by atomic mass is 10.1. The van der Waals surface area contributed by atoms with Crippen LogP contribution in [0.3, 0.4) is 0 Å². The highest BCUT2D eigenvalue weighted by Crippen LogP contribution is 2.20. The van der Waals surface area contributed by atoms with E-state index in [1.54, 1.807) is 6.07 Å². The number of halogens is 1. The summed E-state index contributed by atoms with van der Waals surface area (Å²) in [6.07, 6.45) is 1.98. The zero-order valence-electron chi connectivity index (χ0n) is 12.1. The molecule has 2 atom stereocenters. The topological polar surface area (TPSA) is 66.4 Å². The molecule has 0 amide bonds. The van der Waals surface area contributed by atoms with E-state index in [-0.39, 0.29) is 17.0 Å². The molecule has 1 aromatic carbocycles. The second-order valence-corrected chi connectivity index (χ2v) is 6.97. The molecule has 0 bridgehead atoms. The molecule has 114 valence electrons. The molecule has 2 unspecified atom stereocenters. The minimum Gasteiger partial charge on any atom is -0.393 e. The van der Waals surface area contributed by atoms with Gasteiger partial charge in [-0.15, -0.1) is 0 Å². The van der Waals surface area contributed by atoms with Crippen LogP contribution in [0.1, 0.15) is 38.3 Å². The predicted molar refractivity (Wildman–Crippen MR) is 76.8 cm³/mol. The lowest BCUT2D eigenvalue weighted by Crippen LogP contribution is -2.23. The third kappa shape index (κ3) is 4.85. The molecule has 6 heteroatoms. The van der Waals surface area contributed by atoms with Crippen LogP contribution in [0.2, 0.25) is 0 Å². The van der Waals surface area contributed by atoms with Crippen LogP contribution >= 0.6 is 0 Å². The number of aliphatic hydroxyl groups is 1. The molecule has 0 aromatic heterocycles. The van der Waals surface area contributed by atoms with Crippen molar-refractivity contribution in [2.24, 2.45) is 0 Å². The highest BCUT2D eigenvalue weighted by Gasteiger charge is 2.15. The molecule has 0 spiro atoms. The summed E-state index contributed by atoms with van der Waals surface area (Å²) >= 11 is 0. The maximum Gasteiger partial charge on any atom is 0.178 e. The fourth-order valence-corrected chi connectivity index (χ4v) is 2.60. The van der Waals surface area contributed by atoms with Gasteiger partial charge in [-0.25, -0.2) is 12.8 Å². The predicted octanol–water partition coefficient (Wildman–Crippen LogP) is 2.04. The molecular weight excluding hydrogens is 281 g/mol. The van der Waals surface area contributed by atoms with Crippen molar-refractivity contribution in [1.82, 2.24) is 5.32 Å². The van der Waals surface area contributed by atoms with Crippen molar-refractivity contribution in [3.63, 3.8) is 0 Å². The van der Waals surface area contributed by atoms with Crippen LogP contribution in [0.4, 0.5) is 4.39 Å². The molecule has 0 radical (unpaired) electrons. The summed E-state index contributed by atoms with van der Waals surface area (Å²) in [6.45, 7) is 4.40. The van der Waals surface area contributed by atoms with Gasteiger partial charge in [-0.05, 0) is 44.0 Å². The molecule has 0 heterocycles. The molecule has 0 saturated heterocycles. The molecule has 20 heavy (non-hydrogen) atoms. The zero-order valence-corrected chi connectivity index (χ0v) is 12.9. The van der Waals surface area contributed by atoms with Crippen LogP contribution in [0.5, 0.6) is 0 Å². The van der Waals surface area contributed by atoms with E-state index in [0.29, 0.717) is 24.9 Å². The van der Waals surface area contributed by atoms with Crippen molar-refractivity contribution < 1.29 is 17.9 Å². The molecule has 2 N–H and O–H groups in total. The maximum absolute atomic E-state index is 13.8. The number of sulfone groups is 1. The molecule has 0 aliphatic rings. The van der Waals surface area contributed by atoms with E-state index >= 15 is 0 Å². The minimum atomic E-state index is -3.54. The highest BCUT2D eigenvalue weighted by atomic mass is 32.2. The quantitative estimate of drug-likeness (QED) is 0.809. The average molecular weight is 303 g/mol. The average Bonchev–Trinajstić information content (AvgIpc) is 2.36. The summed E-state index contributed by atoms with van der Waals surface area (Å²) < 4.78 is 36.4. The smallest absolute Gasteiger partial charge is 0.178 e. The fourth-order valence-electron chi connectivity index (χ4n) is 1.88. The Balaban J connectivity index is 2.71. The SMILES string of the molecule is CCC(O)CCNC(C)c1ccc(S(C)(=O)=O)c(F)c1. The molecular formula is C14H22FNO3S. The molecule has 0 aliphatic heterocycles. The first-order valence-corrected chi connectivity index (χ1v) is 8.55. The van der Waals surface area contributed by atoms with E-state index in [1.165, 1.54) is 12.1 Å². The van der Waals surface area contributed by atoms with Crippen LogP contribution < -0.4 is 5.32 Å². The molecule has 1 aromatic rings. The minimum absolute atomic E-state index is 0.109. The fraction of sp³-hybridized carbons (Fsp3) is 0.571. The van der Waals surface area contributed by atoms with E-state index in [2.05, 4.69) is 5.32 Å². The largest absolute Gasteiger partial charge is 0.393 e. The normalized spacial score (nSPS) is 15.1. The van der Waals surface area contributed by atoms with Gasteiger partial charge in [0.05, 0.1) is 6.10 Å². The maximum atomic E-state index is 13.8. The Hall–Kier alpha value is -0.980. The summed E-state index contributed by atoms with van der Waals surface area (Å²) in [5.41, 5.74) is 0.681. The lowest BCUT2D eigenvalue weighted by molar-refractivity contribution is 0.159. The van der Waals surface area contributed by atoms with Crippen molar-refractivity contribution >= 4 is 9.84 Å². The first kappa shape index (κ1) is 17.1. The van der Waals surface area contributed by atoms with Gasteiger partial charge in [0.1, 0.15) is 10.7 Å². The lowest BCUT2D eigenvalue weighted by Gasteiger charge is -2.16. The Kier molecular flexibility index (Phi) is 6.10. The summed E-state index contributed by atoms with van der Waals surface area (Å²) in [5.74, 6) is -0.729. The van der Waals surface area contributed by atoms with Gasteiger partial charge in [-0.1, -0.05) is 13.0 Å². The van der Waals surface area contributed by atoms with Crippen molar-refractivity contribution in [1.29, 1.82) is 0 Å². The van der Waals surface area contributed by atoms with Gasteiger partial charge in [0.25, 0.3) is 0 Å². The molecule has 1 rings (SSSR count). The van der Waals surface area contributed by atoms with Gasteiger partial charge in [0, 0.05) is 12.3 Å². The third-order valence-electron chi connectivity index (χ3n) is 3.25. The number of nitrogens with one attached hydrogen (secondary N) is 1. The zero-order chi connectivity index (χ0) is 15.3. The van der Waals surface area contributed by atoms with Gasteiger partial charge in [0.2, 0.25) is 0 Å². The Labute approximate surface area is 119 Å². The second-order valence-electron chi connectivity index (χ2n) is 4.99. The molecule has 0 saturated carbocycles. The highest BCUT2D eigenvalue weighted by molar-refractivity contribution is 7.90. The molecule has 0 fully saturated rings. The number of hydrogen-bond acceptors (Lipinski definition) is 4. The van der Waals surface area contributed by atoms with Crippen molar-refractivity contribution in [3.8, 4) is 0 Å². The van der Waals surface area contributed by atoms with Crippen LogP contribution in [0.25, 0.3) is 0 Å². The van der Waals surface area contributed by atoms with Gasteiger partial charge in [0.15, 0.2) is 9.84 Å². The van der Waals surface area contributed by atoms with E-state index < -0.39 is 15.7 Å². The standard InChI is InChI=1S/C14H22FNO3S/c1-4-12(17)7-8-16-10(2)11-5-6-14(13(15)9-11)20(3,18)19/h5-6,9-10,12,16-17H,4,7-8H2,1-3H3. The van der Waals surface area contributed by atoms with Crippen molar-refractivity contribution in [2.45, 2.75) is 43.7 Å². The number of rotatable bonds is 7. The Morgan fingerprint density at radius 1 is 1.40 bits per heavy atom. The van der Waals surface area contributed by atoms with Gasteiger partial charge >= 0.3 is 0 Å². The van der Waals surface area contributed by atoms with Gasteiger partial charge in [-0.3, -0.25) is 0 Å². The van der Waals surface area contributed by atoms with Crippen LogP contribution in [-0.4, -0.2) is 32.4 Å². The first-order valence-electron chi connectivity index (χ1n) is 6.66. The number of aliphatic hydroxyl groups excluding tert-OH is 1. The van der Waals surface area contributed by atoms with Crippen LogP contribution in [0.15, 0.2) is 23.1 Å². The van der Waals surface area contributed by atoms with Crippen LogP contribution in [0, 0.1) is 5.82 Å². The van der Waals surface area contributed by atoms with Crippen molar-refractivity contribution in [2.75, 3.05) is 12.8 Å². The summed E-state index contributed by atoms with van der Waals surface area (Å²) in [4.78, 5) is -0.283. The second kappa shape index (κ2) is 7.15. The van der Waals surface area contributed by atoms with E-state index in [4.69, 9.17) is 0 Å². The van der Waals surface area contributed by atoms with Crippen LogP contribution in [-0.2, 0) is 9.84 Å². The summed E-state index contributed by atoms with van der Waals surface area (Å²) in [7, 11) is -3.54. The monoisotopic (exact) mass is 303 g/mol. The first-order chi connectivity index (χ1) is 9.25. The summed E-state index contributed by atoms with van der Waals surface area (Å²) in [6, 6.07) is 4.03. The Bertz CT molecular complexity index is 545. The molecule has 4 nitrogen and oxygen atoms in total. The third-order valence-corrected chi connectivity index (χ3v) is 4.38. The van der Waals surface area contributed by atoms with E-state index in [9.17, 15) is 17.9 Å². The Morgan fingerprint density at radius 2 is 2.05 bits per heavy atom. The Morgan fingerprint density at radius 3 is 2.55 bits per heavy atom. The number of hydrogen-bond donors (Lipinski definition) is 2. The van der Waals surface area contributed by atoms with Gasteiger partial charge in [-0.2, -0.15) is 0 Å².